The van der Waals surface area contributed by atoms with Crippen LogP contribution in [0, 0.1) is 13.8 Å². The first kappa shape index (κ1) is 9.65. The highest BCUT2D eigenvalue weighted by Crippen LogP contribution is 2.44. The van der Waals surface area contributed by atoms with Crippen LogP contribution in [0.5, 0.6) is 0 Å². The summed E-state index contributed by atoms with van der Waals surface area (Å²) in [5.41, 5.74) is 8.53. The van der Waals surface area contributed by atoms with Crippen LogP contribution in [0.3, 0.4) is 0 Å². The summed E-state index contributed by atoms with van der Waals surface area (Å²) >= 11 is 0. The average molecular weight is 208 g/mol. The van der Waals surface area contributed by atoms with Crippen LogP contribution in [0.4, 0.5) is 0 Å². The first-order valence-electron chi connectivity index (χ1n) is 5.88. The molecule has 0 heterocycles. The van der Waals surface area contributed by atoms with Crippen molar-refractivity contribution in [2.45, 2.75) is 26.7 Å². The minimum absolute atomic E-state index is 0.546. The van der Waals surface area contributed by atoms with Gasteiger partial charge < -0.3 is 0 Å². The van der Waals surface area contributed by atoms with Gasteiger partial charge in [-0.3, -0.25) is 0 Å². The van der Waals surface area contributed by atoms with Gasteiger partial charge in [0.05, 0.1) is 0 Å². The van der Waals surface area contributed by atoms with Gasteiger partial charge in [0.1, 0.15) is 0 Å². The Labute approximate surface area is 96.9 Å². The molecule has 0 unspecified atom stereocenters. The van der Waals surface area contributed by atoms with E-state index in [1.165, 1.54) is 33.4 Å². The maximum Gasteiger partial charge on any atom is 0.00735 e. The molecule has 0 radical (unpaired) electrons. The third kappa shape index (κ3) is 1.23. The Balaban J connectivity index is 2.30. The smallest absolute Gasteiger partial charge is 0.00735 e. The molecule has 0 N–H and O–H groups in total. The van der Waals surface area contributed by atoms with Crippen LogP contribution < -0.4 is 0 Å². The summed E-state index contributed by atoms with van der Waals surface area (Å²) in [6.07, 6.45) is 0. The third-order valence-electron chi connectivity index (χ3n) is 3.64. The fourth-order valence-electron chi connectivity index (χ4n) is 2.74. The fraction of sp³-hybridized carbons (Fsp3) is 0.250. The van der Waals surface area contributed by atoms with E-state index in [1.807, 2.05) is 0 Å². The number of aryl methyl sites for hydroxylation is 2. The van der Waals surface area contributed by atoms with Crippen LogP contribution in [0.1, 0.15) is 35.1 Å². The lowest BCUT2D eigenvalue weighted by atomic mass is 9.97. The Bertz CT molecular complexity index is 513. The SMILES string of the molecule is Cc1ccc2c(c1)C(C)c1cc(C)ccc1-2. The Morgan fingerprint density at radius 1 is 0.750 bits per heavy atom. The molecule has 0 spiro atoms. The zero-order valence-electron chi connectivity index (χ0n) is 10.0. The highest BCUT2D eigenvalue weighted by Gasteiger charge is 2.24. The van der Waals surface area contributed by atoms with Crippen molar-refractivity contribution in [3.05, 3.63) is 58.7 Å². The van der Waals surface area contributed by atoms with Gasteiger partial charge in [0.15, 0.2) is 0 Å². The van der Waals surface area contributed by atoms with Crippen LogP contribution in [0.15, 0.2) is 36.4 Å². The zero-order chi connectivity index (χ0) is 11.3. The monoisotopic (exact) mass is 208 g/mol. The molecule has 0 bridgehead atoms. The van der Waals surface area contributed by atoms with E-state index in [0.29, 0.717) is 5.92 Å². The molecule has 0 nitrogen and oxygen atoms in total. The molecule has 0 fully saturated rings. The number of fused-ring (bicyclic) bond motifs is 3. The molecule has 0 amide bonds. The highest BCUT2D eigenvalue weighted by atomic mass is 14.3. The number of hydrogen-bond donors (Lipinski definition) is 0. The maximum atomic E-state index is 2.33. The van der Waals surface area contributed by atoms with Gasteiger partial charge in [-0.15, -0.1) is 0 Å². The predicted molar refractivity (Wildman–Crippen MR) is 68.9 cm³/mol. The second-order valence-corrected chi connectivity index (χ2v) is 4.90. The lowest BCUT2D eigenvalue weighted by Gasteiger charge is -2.07. The van der Waals surface area contributed by atoms with E-state index in [4.69, 9.17) is 0 Å². The van der Waals surface area contributed by atoms with Gasteiger partial charge >= 0.3 is 0 Å². The quantitative estimate of drug-likeness (QED) is 0.600. The standard InChI is InChI=1S/C16H16/c1-10-4-6-13-14-7-5-11(2)9-16(14)12(3)15(13)8-10/h4-9,12H,1-3H3. The van der Waals surface area contributed by atoms with Crippen molar-refractivity contribution in [3.63, 3.8) is 0 Å². The second-order valence-electron chi connectivity index (χ2n) is 4.90. The van der Waals surface area contributed by atoms with Crippen LogP contribution >= 0.6 is 0 Å². The molecule has 3 rings (SSSR count). The largest absolute Gasteiger partial charge is 0.0587 e. The minimum Gasteiger partial charge on any atom is -0.0587 e. The van der Waals surface area contributed by atoms with Gasteiger partial charge in [-0.25, -0.2) is 0 Å². The van der Waals surface area contributed by atoms with Crippen LogP contribution in [0.25, 0.3) is 11.1 Å². The van der Waals surface area contributed by atoms with Crippen molar-refractivity contribution >= 4 is 0 Å². The number of hydrogen-bond acceptors (Lipinski definition) is 0. The van der Waals surface area contributed by atoms with E-state index in [9.17, 15) is 0 Å². The first-order chi connectivity index (χ1) is 7.66. The van der Waals surface area contributed by atoms with Crippen molar-refractivity contribution in [3.8, 4) is 11.1 Å². The molecule has 0 atom stereocenters. The molecule has 16 heavy (non-hydrogen) atoms. The zero-order valence-corrected chi connectivity index (χ0v) is 10.0. The van der Waals surface area contributed by atoms with Gasteiger partial charge in [-0.2, -0.15) is 0 Å². The molecule has 2 aromatic rings. The molecule has 2 aromatic carbocycles. The normalized spacial score (nSPS) is 13.7. The van der Waals surface area contributed by atoms with Gasteiger partial charge in [-0.05, 0) is 36.1 Å². The molecule has 0 heteroatoms. The van der Waals surface area contributed by atoms with Gasteiger partial charge in [0.25, 0.3) is 0 Å². The molecule has 0 aliphatic heterocycles. The molecule has 0 aromatic heterocycles. The summed E-state index contributed by atoms with van der Waals surface area (Å²) in [5.74, 6) is 0.546. The lowest BCUT2D eigenvalue weighted by molar-refractivity contribution is 0.952. The van der Waals surface area contributed by atoms with Crippen molar-refractivity contribution in [1.82, 2.24) is 0 Å². The Morgan fingerprint density at radius 3 is 1.62 bits per heavy atom. The fourth-order valence-corrected chi connectivity index (χ4v) is 2.74. The van der Waals surface area contributed by atoms with Crippen molar-refractivity contribution in [1.29, 1.82) is 0 Å². The van der Waals surface area contributed by atoms with Gasteiger partial charge in [0, 0.05) is 5.92 Å². The molecular weight excluding hydrogens is 192 g/mol. The lowest BCUT2D eigenvalue weighted by Crippen LogP contribution is -1.90. The minimum atomic E-state index is 0.546. The van der Waals surface area contributed by atoms with E-state index >= 15 is 0 Å². The Hall–Kier alpha value is -1.56. The van der Waals surface area contributed by atoms with Crippen molar-refractivity contribution in [2.24, 2.45) is 0 Å². The van der Waals surface area contributed by atoms with Crippen molar-refractivity contribution < 1.29 is 0 Å². The summed E-state index contributed by atoms with van der Waals surface area (Å²) in [5, 5.41) is 0. The summed E-state index contributed by atoms with van der Waals surface area (Å²) in [7, 11) is 0. The Morgan fingerprint density at radius 2 is 1.19 bits per heavy atom. The van der Waals surface area contributed by atoms with E-state index < -0.39 is 0 Å². The molecule has 0 saturated carbocycles. The number of rotatable bonds is 0. The maximum absolute atomic E-state index is 2.33. The van der Waals surface area contributed by atoms with Crippen LogP contribution in [0.2, 0.25) is 0 Å². The van der Waals surface area contributed by atoms with E-state index in [2.05, 4.69) is 57.2 Å². The molecule has 80 valence electrons. The summed E-state index contributed by atoms with van der Waals surface area (Å²) in [4.78, 5) is 0. The topological polar surface area (TPSA) is 0 Å². The summed E-state index contributed by atoms with van der Waals surface area (Å²) in [6, 6.07) is 13.6. The molecule has 1 aliphatic carbocycles. The van der Waals surface area contributed by atoms with Crippen molar-refractivity contribution in [2.75, 3.05) is 0 Å². The van der Waals surface area contributed by atoms with Crippen LogP contribution in [-0.2, 0) is 0 Å². The van der Waals surface area contributed by atoms with E-state index in [1.54, 1.807) is 0 Å². The Kier molecular flexibility index (Phi) is 1.94. The molecular formula is C16H16. The number of benzene rings is 2. The van der Waals surface area contributed by atoms with E-state index in [0.717, 1.165) is 0 Å². The molecule has 1 aliphatic rings. The first-order valence-corrected chi connectivity index (χ1v) is 5.88. The summed E-state index contributed by atoms with van der Waals surface area (Å²) in [6.45, 7) is 6.64. The van der Waals surface area contributed by atoms with Crippen LogP contribution in [-0.4, -0.2) is 0 Å². The second kappa shape index (κ2) is 3.21. The third-order valence-corrected chi connectivity index (χ3v) is 3.64. The van der Waals surface area contributed by atoms with Gasteiger partial charge in [0.2, 0.25) is 0 Å². The van der Waals surface area contributed by atoms with Gasteiger partial charge in [-0.1, -0.05) is 54.4 Å². The van der Waals surface area contributed by atoms with E-state index in [-0.39, 0.29) is 0 Å². The molecule has 0 saturated heterocycles. The predicted octanol–water partition coefficient (Wildman–Crippen LogP) is 4.44. The highest BCUT2D eigenvalue weighted by molar-refractivity contribution is 5.79. The summed E-state index contributed by atoms with van der Waals surface area (Å²) < 4.78 is 0. The average Bonchev–Trinajstić information content (AvgIpc) is 2.53.